The van der Waals surface area contributed by atoms with E-state index in [4.69, 9.17) is 37.0 Å². The van der Waals surface area contributed by atoms with Gasteiger partial charge in [-0.25, -0.2) is 9.13 Å². The number of hydrogen-bond donors (Lipinski definition) is 3. The van der Waals surface area contributed by atoms with Gasteiger partial charge in [-0.1, -0.05) is 407 Å². The quantitative estimate of drug-likeness (QED) is 0.0222. The van der Waals surface area contributed by atoms with Crippen LogP contribution in [0.5, 0.6) is 0 Å². The molecule has 3 N–H and O–H groups in total. The molecule has 0 saturated carbocycles. The van der Waals surface area contributed by atoms with Gasteiger partial charge in [-0.05, 0) is 31.6 Å². The van der Waals surface area contributed by atoms with Crippen molar-refractivity contribution in [1.29, 1.82) is 0 Å². The van der Waals surface area contributed by atoms with E-state index in [0.717, 1.165) is 95.8 Å². The van der Waals surface area contributed by atoms with Crippen LogP contribution in [-0.4, -0.2) is 96.7 Å². The van der Waals surface area contributed by atoms with Crippen LogP contribution in [0.25, 0.3) is 0 Å². The van der Waals surface area contributed by atoms with E-state index in [1.165, 1.54) is 283 Å². The summed E-state index contributed by atoms with van der Waals surface area (Å²) < 4.78 is 68.9. The zero-order valence-corrected chi connectivity index (χ0v) is 70.0. The molecular formula is C85H166O17P2. The molecule has 0 radical (unpaired) electrons. The van der Waals surface area contributed by atoms with E-state index in [-0.39, 0.29) is 25.7 Å². The first-order valence-electron chi connectivity index (χ1n) is 44.1. The first-order valence-corrected chi connectivity index (χ1v) is 47.1. The highest BCUT2D eigenvalue weighted by Gasteiger charge is 2.30. The van der Waals surface area contributed by atoms with Crippen molar-refractivity contribution in [2.75, 3.05) is 39.6 Å². The topological polar surface area (TPSA) is 237 Å². The van der Waals surface area contributed by atoms with Crippen molar-refractivity contribution >= 4 is 39.5 Å². The summed E-state index contributed by atoms with van der Waals surface area (Å²) in [4.78, 5) is 73.2. The minimum absolute atomic E-state index is 0.109. The Hall–Kier alpha value is -1.94. The molecule has 5 atom stereocenters. The first-order chi connectivity index (χ1) is 50.5. The summed E-state index contributed by atoms with van der Waals surface area (Å²) in [6.07, 6.45) is 70.6. The molecule has 0 spiro atoms. The lowest BCUT2D eigenvalue weighted by molar-refractivity contribution is -0.161. The maximum atomic E-state index is 13.1. The lowest BCUT2D eigenvalue weighted by Crippen LogP contribution is -2.30. The van der Waals surface area contributed by atoms with Gasteiger partial charge in [0, 0.05) is 25.7 Å². The van der Waals surface area contributed by atoms with E-state index in [1.807, 2.05) is 0 Å². The smallest absolute Gasteiger partial charge is 0.462 e. The molecule has 104 heavy (non-hydrogen) atoms. The van der Waals surface area contributed by atoms with E-state index in [2.05, 4.69) is 34.6 Å². The molecule has 19 heteroatoms. The fourth-order valence-corrected chi connectivity index (χ4v) is 14.9. The summed E-state index contributed by atoms with van der Waals surface area (Å²) >= 11 is 0. The molecular weight excluding hydrogens is 1350 g/mol. The van der Waals surface area contributed by atoms with Crippen molar-refractivity contribution in [3.8, 4) is 0 Å². The summed E-state index contributed by atoms with van der Waals surface area (Å²) in [6.45, 7) is 7.40. The number of aliphatic hydroxyl groups is 1. The van der Waals surface area contributed by atoms with Crippen LogP contribution in [0.1, 0.15) is 458 Å². The molecule has 0 heterocycles. The van der Waals surface area contributed by atoms with Crippen LogP contribution in [0.2, 0.25) is 0 Å². The van der Waals surface area contributed by atoms with Crippen LogP contribution in [0.4, 0.5) is 0 Å². The zero-order chi connectivity index (χ0) is 76.2. The van der Waals surface area contributed by atoms with E-state index in [0.29, 0.717) is 25.7 Å². The van der Waals surface area contributed by atoms with Crippen LogP contribution >= 0.6 is 15.6 Å². The number of esters is 4. The molecule has 0 aliphatic carbocycles. The number of ether oxygens (including phenoxy) is 4. The number of rotatable bonds is 85. The van der Waals surface area contributed by atoms with Crippen molar-refractivity contribution < 1.29 is 80.2 Å². The summed E-state index contributed by atoms with van der Waals surface area (Å²) in [7, 11) is -9.93. The molecule has 618 valence electrons. The molecule has 2 unspecified atom stereocenters. The third kappa shape index (κ3) is 78.2. The van der Waals surface area contributed by atoms with Gasteiger partial charge in [-0.3, -0.25) is 37.3 Å². The molecule has 0 fully saturated rings. The van der Waals surface area contributed by atoms with Crippen molar-refractivity contribution in [3.63, 3.8) is 0 Å². The number of carbonyl (C=O) groups is 4. The first kappa shape index (κ1) is 102. The van der Waals surface area contributed by atoms with Gasteiger partial charge in [0.2, 0.25) is 0 Å². The van der Waals surface area contributed by atoms with Gasteiger partial charge >= 0.3 is 39.5 Å². The summed E-state index contributed by atoms with van der Waals surface area (Å²) in [6, 6.07) is 0. The summed E-state index contributed by atoms with van der Waals surface area (Å²) in [5.74, 6) is -1.29. The average Bonchev–Trinajstić information content (AvgIpc) is 0.921. The standard InChI is InChI=1S/C85H166O17P2/c1-6-9-12-15-18-21-24-27-29-31-35-39-44-49-54-59-64-69-83(88)96-75-81(102-85(90)71-66-61-56-51-46-41-36-32-33-38-42-47-52-57-62-67-78(4)5)77-100-104(93,94)98-73-79(86)72-97-103(91,92)99-76-80(74-95-82(87)68-63-58-53-48-43-37-26-23-20-17-14-11-8-3)101-84(89)70-65-60-55-50-45-40-34-30-28-25-22-19-16-13-10-7-2/h78-81,86H,6-77H2,1-5H3,(H,91,92)(H,93,94)/t79-,80+,81+/m0/s1. The van der Waals surface area contributed by atoms with Gasteiger partial charge < -0.3 is 33.8 Å². The van der Waals surface area contributed by atoms with Gasteiger partial charge in [0.15, 0.2) is 12.2 Å². The van der Waals surface area contributed by atoms with Crippen LogP contribution in [-0.2, 0) is 65.4 Å². The fraction of sp³-hybridized carbons (Fsp3) is 0.953. The van der Waals surface area contributed by atoms with Gasteiger partial charge in [0.25, 0.3) is 0 Å². The highest BCUT2D eigenvalue weighted by Crippen LogP contribution is 2.45. The lowest BCUT2D eigenvalue weighted by atomic mass is 10.0. The SMILES string of the molecule is CCCCCCCCCCCCCCCCCCCC(=O)OC[C@H](COP(=O)(O)OC[C@@H](O)COP(=O)(O)OC[C@@H](COC(=O)CCCCCCCCCCCCCCC)OC(=O)CCCCCCCCCCCCCCCCCC)OC(=O)CCCCCCCCCCCCCCCCCC(C)C. The number of aliphatic hydroxyl groups excluding tert-OH is 1. The summed E-state index contributed by atoms with van der Waals surface area (Å²) in [5.41, 5.74) is 0. The Kier molecular flexibility index (Phi) is 76.3. The predicted octanol–water partition coefficient (Wildman–Crippen LogP) is 26.0. The zero-order valence-electron chi connectivity index (χ0n) is 68.2. The van der Waals surface area contributed by atoms with Gasteiger partial charge in [0.1, 0.15) is 19.3 Å². The van der Waals surface area contributed by atoms with Gasteiger partial charge in [-0.2, -0.15) is 0 Å². The van der Waals surface area contributed by atoms with E-state index >= 15 is 0 Å². The third-order valence-electron chi connectivity index (χ3n) is 20.0. The second-order valence-electron chi connectivity index (χ2n) is 31.1. The molecule has 0 amide bonds. The van der Waals surface area contributed by atoms with Crippen molar-refractivity contribution in [3.05, 3.63) is 0 Å². The van der Waals surface area contributed by atoms with Crippen molar-refractivity contribution in [2.24, 2.45) is 5.92 Å². The Balaban J connectivity index is 5.27. The molecule has 0 aliphatic rings. The van der Waals surface area contributed by atoms with E-state index in [1.54, 1.807) is 0 Å². The number of carbonyl (C=O) groups excluding carboxylic acids is 4. The molecule has 0 aromatic heterocycles. The largest absolute Gasteiger partial charge is 0.472 e. The van der Waals surface area contributed by atoms with E-state index in [9.17, 15) is 43.2 Å². The second kappa shape index (κ2) is 77.8. The number of unbranched alkanes of at least 4 members (excludes halogenated alkanes) is 57. The Morgan fingerprint density at radius 2 is 0.442 bits per heavy atom. The highest BCUT2D eigenvalue weighted by molar-refractivity contribution is 7.47. The molecule has 0 bridgehead atoms. The van der Waals surface area contributed by atoms with Crippen LogP contribution in [0.15, 0.2) is 0 Å². The Bertz CT molecular complexity index is 1980. The minimum atomic E-state index is -4.96. The molecule has 0 aromatic carbocycles. The second-order valence-corrected chi connectivity index (χ2v) is 34.0. The molecule has 0 aromatic rings. The van der Waals surface area contributed by atoms with Crippen molar-refractivity contribution in [1.82, 2.24) is 0 Å². The predicted molar refractivity (Wildman–Crippen MR) is 428 cm³/mol. The molecule has 17 nitrogen and oxygen atoms in total. The average molecular weight is 1520 g/mol. The lowest BCUT2D eigenvalue weighted by Gasteiger charge is -2.21. The molecule has 0 aliphatic heterocycles. The number of phosphoric acid groups is 2. The Labute approximate surface area is 638 Å². The number of phosphoric ester groups is 2. The third-order valence-corrected chi connectivity index (χ3v) is 21.9. The van der Waals surface area contributed by atoms with Crippen LogP contribution in [0, 0.1) is 5.92 Å². The van der Waals surface area contributed by atoms with Gasteiger partial charge in [0.05, 0.1) is 26.4 Å². The minimum Gasteiger partial charge on any atom is -0.462 e. The maximum absolute atomic E-state index is 13.1. The normalized spacial score (nSPS) is 13.8. The van der Waals surface area contributed by atoms with Crippen LogP contribution in [0.3, 0.4) is 0 Å². The van der Waals surface area contributed by atoms with Crippen molar-refractivity contribution in [2.45, 2.75) is 477 Å². The Morgan fingerprint density at radius 3 is 0.654 bits per heavy atom. The molecule has 0 saturated heterocycles. The van der Waals surface area contributed by atoms with Gasteiger partial charge in [-0.15, -0.1) is 0 Å². The Morgan fingerprint density at radius 1 is 0.260 bits per heavy atom. The highest BCUT2D eigenvalue weighted by atomic mass is 31.2. The van der Waals surface area contributed by atoms with Crippen LogP contribution < -0.4 is 0 Å². The number of hydrogen-bond acceptors (Lipinski definition) is 15. The maximum Gasteiger partial charge on any atom is 0.472 e. The summed E-state index contributed by atoms with van der Waals surface area (Å²) in [5, 5.41) is 10.7. The van der Waals surface area contributed by atoms with E-state index < -0.39 is 97.5 Å². The fourth-order valence-electron chi connectivity index (χ4n) is 13.3. The monoisotopic (exact) mass is 1520 g/mol. The molecule has 0 rings (SSSR count).